The van der Waals surface area contributed by atoms with Crippen LogP contribution < -0.4 is 11.5 Å². The fourth-order valence-corrected chi connectivity index (χ4v) is 1.82. The smallest absolute Gasteiger partial charge is 0.350 e. The molecule has 0 aliphatic rings. The lowest BCUT2D eigenvalue weighted by Crippen LogP contribution is -2.02. The first-order chi connectivity index (χ1) is 8.85. The normalized spacial score (nSPS) is 12.1. The fourth-order valence-electron chi connectivity index (χ4n) is 1.45. The first-order valence-corrected chi connectivity index (χ1v) is 7.05. The number of nitrogens with two attached hydrogens (primary N) is 2. The van der Waals surface area contributed by atoms with E-state index in [1.807, 2.05) is 0 Å². The Labute approximate surface area is 107 Å². The van der Waals surface area contributed by atoms with Crippen LogP contribution in [0.3, 0.4) is 0 Å². The molecule has 0 saturated carbocycles. The third kappa shape index (κ3) is 3.61. The van der Waals surface area contributed by atoms with Crippen LogP contribution in [-0.2, 0) is 15.7 Å². The number of H-pyrrole nitrogens is 1. The Hall–Kier alpha value is -1.74. The minimum atomic E-state index is -4.14. The summed E-state index contributed by atoms with van der Waals surface area (Å²) in [5, 5.41) is 0. The van der Waals surface area contributed by atoms with Crippen molar-refractivity contribution in [2.24, 2.45) is 0 Å². The maximum absolute atomic E-state index is 10.6. The maximum atomic E-state index is 10.6. The van der Waals surface area contributed by atoms with E-state index in [2.05, 4.69) is 19.9 Å². The van der Waals surface area contributed by atoms with E-state index in [4.69, 9.17) is 26.0 Å². The molecule has 7 N–H and O–H groups in total. The molecular formula is C8H13N6O4P. The molecule has 2 rings (SSSR count). The number of hydrogen-bond acceptors (Lipinski definition) is 7. The molecular weight excluding hydrogens is 275 g/mol. The summed E-state index contributed by atoms with van der Waals surface area (Å²) in [4.78, 5) is 31.9. The second-order valence-corrected chi connectivity index (χ2v) is 5.39. The van der Waals surface area contributed by atoms with Crippen molar-refractivity contribution in [2.75, 3.05) is 24.4 Å². The van der Waals surface area contributed by atoms with Crippen LogP contribution in [0.25, 0.3) is 11.2 Å². The zero-order valence-electron chi connectivity index (χ0n) is 9.78. The topological polar surface area (TPSA) is 173 Å². The van der Waals surface area contributed by atoms with Crippen LogP contribution in [0.15, 0.2) is 0 Å². The van der Waals surface area contributed by atoms with Crippen LogP contribution in [0, 0.1) is 0 Å². The Morgan fingerprint density at radius 3 is 2.68 bits per heavy atom. The van der Waals surface area contributed by atoms with Gasteiger partial charge in [0.2, 0.25) is 5.95 Å². The van der Waals surface area contributed by atoms with E-state index in [0.29, 0.717) is 23.4 Å². The van der Waals surface area contributed by atoms with Crippen LogP contribution in [0.4, 0.5) is 11.8 Å². The molecule has 0 radical (unpaired) electrons. The van der Waals surface area contributed by atoms with Gasteiger partial charge in [-0.3, -0.25) is 4.57 Å². The van der Waals surface area contributed by atoms with Crippen molar-refractivity contribution in [3.8, 4) is 0 Å². The number of aromatic amines is 1. The number of nitrogens with one attached hydrogen (secondary N) is 1. The number of nitrogen functional groups attached to an aromatic ring is 2. The minimum Gasteiger partial charge on any atom is -0.382 e. The van der Waals surface area contributed by atoms with E-state index < -0.39 is 13.9 Å². The van der Waals surface area contributed by atoms with Crippen molar-refractivity contribution in [3.05, 3.63) is 5.82 Å². The first kappa shape index (κ1) is 13.7. The molecule has 0 aliphatic carbocycles. The Morgan fingerprint density at radius 2 is 2.00 bits per heavy atom. The lowest BCUT2D eigenvalue weighted by Gasteiger charge is -2.03. The van der Waals surface area contributed by atoms with Crippen molar-refractivity contribution in [2.45, 2.75) is 6.42 Å². The monoisotopic (exact) mass is 288 g/mol. The average molecular weight is 288 g/mol. The molecule has 104 valence electrons. The summed E-state index contributed by atoms with van der Waals surface area (Å²) >= 11 is 0. The minimum absolute atomic E-state index is 0.0285. The lowest BCUT2D eigenvalue weighted by atomic mass is 10.4. The molecule has 0 fully saturated rings. The van der Waals surface area contributed by atoms with Crippen LogP contribution in [0.2, 0.25) is 0 Å². The van der Waals surface area contributed by atoms with Crippen molar-refractivity contribution in [3.63, 3.8) is 0 Å². The second kappa shape index (κ2) is 5.10. The van der Waals surface area contributed by atoms with Gasteiger partial charge in [-0.25, -0.2) is 4.98 Å². The van der Waals surface area contributed by atoms with E-state index in [1.165, 1.54) is 0 Å². The van der Waals surface area contributed by atoms with Crippen LogP contribution in [-0.4, -0.2) is 42.7 Å². The Morgan fingerprint density at radius 1 is 1.26 bits per heavy atom. The molecule has 2 aromatic heterocycles. The predicted octanol–water partition coefficient (Wildman–Crippen LogP) is -0.788. The van der Waals surface area contributed by atoms with Gasteiger partial charge in [-0.1, -0.05) is 0 Å². The quantitative estimate of drug-likeness (QED) is 0.349. The molecule has 0 unspecified atom stereocenters. The van der Waals surface area contributed by atoms with Gasteiger partial charge in [0.1, 0.15) is 17.7 Å². The van der Waals surface area contributed by atoms with Gasteiger partial charge in [0.25, 0.3) is 0 Å². The molecule has 2 aromatic rings. The van der Waals surface area contributed by atoms with Crippen molar-refractivity contribution in [1.29, 1.82) is 0 Å². The molecule has 11 heteroatoms. The highest BCUT2D eigenvalue weighted by molar-refractivity contribution is 7.51. The summed E-state index contributed by atoms with van der Waals surface area (Å²) in [5.74, 6) is 0.741. The Kier molecular flexibility index (Phi) is 3.67. The summed E-state index contributed by atoms with van der Waals surface area (Å²) in [5.41, 5.74) is 11.9. The number of nitrogens with zero attached hydrogens (tertiary/aromatic N) is 3. The molecule has 0 aromatic carbocycles. The van der Waals surface area contributed by atoms with E-state index in [9.17, 15) is 4.57 Å². The Balaban J connectivity index is 2.02. The maximum Gasteiger partial charge on any atom is 0.350 e. The zero-order chi connectivity index (χ0) is 14.0. The van der Waals surface area contributed by atoms with Gasteiger partial charge in [-0.15, -0.1) is 0 Å². The van der Waals surface area contributed by atoms with Crippen LogP contribution in [0.5, 0.6) is 0 Å². The molecule has 0 atom stereocenters. The summed E-state index contributed by atoms with van der Waals surface area (Å²) in [6, 6.07) is 0. The van der Waals surface area contributed by atoms with Gasteiger partial charge >= 0.3 is 7.60 Å². The van der Waals surface area contributed by atoms with Gasteiger partial charge in [0.05, 0.1) is 6.61 Å². The number of aromatic nitrogens is 4. The van der Waals surface area contributed by atoms with Gasteiger partial charge in [-0.05, 0) is 0 Å². The van der Waals surface area contributed by atoms with Crippen LogP contribution >= 0.6 is 7.60 Å². The highest BCUT2D eigenvalue weighted by atomic mass is 31.2. The molecule has 0 aliphatic heterocycles. The van der Waals surface area contributed by atoms with Crippen molar-refractivity contribution < 1.29 is 19.1 Å². The molecule has 2 heterocycles. The average Bonchev–Trinajstić information content (AvgIpc) is 2.66. The molecule has 19 heavy (non-hydrogen) atoms. The number of rotatable bonds is 5. The SMILES string of the molecule is Nc1nc(N)c2[nH]c(CCOCP(=O)(O)O)nc2n1. The Bertz CT molecular complexity index is 637. The first-order valence-electron chi connectivity index (χ1n) is 5.25. The zero-order valence-corrected chi connectivity index (χ0v) is 10.7. The van der Waals surface area contributed by atoms with Gasteiger partial charge < -0.3 is 31.0 Å². The number of anilines is 2. The largest absolute Gasteiger partial charge is 0.382 e. The summed E-state index contributed by atoms with van der Waals surface area (Å²) in [6.45, 7) is 0.105. The third-order valence-electron chi connectivity index (χ3n) is 2.19. The highest BCUT2D eigenvalue weighted by Crippen LogP contribution is 2.33. The number of imidazole rings is 1. The highest BCUT2D eigenvalue weighted by Gasteiger charge is 2.13. The molecule has 0 saturated heterocycles. The standard InChI is InChI=1S/C8H13N6O4P/c9-6-5-7(14-8(10)13-6)12-4(11-5)1-2-18-3-19(15,16)17/h1-3H2,(H2,15,16,17)(H5,9,10,11,12,13,14). The van der Waals surface area contributed by atoms with E-state index in [-0.39, 0.29) is 18.4 Å². The number of hydrogen-bond donors (Lipinski definition) is 5. The van der Waals surface area contributed by atoms with E-state index >= 15 is 0 Å². The molecule has 10 nitrogen and oxygen atoms in total. The fraction of sp³-hybridized carbons (Fsp3) is 0.375. The molecule has 0 spiro atoms. The molecule has 0 amide bonds. The second-order valence-electron chi connectivity index (χ2n) is 3.80. The van der Waals surface area contributed by atoms with E-state index in [1.54, 1.807) is 0 Å². The van der Waals surface area contributed by atoms with Crippen molar-refractivity contribution in [1.82, 2.24) is 19.9 Å². The van der Waals surface area contributed by atoms with Gasteiger partial charge in [0.15, 0.2) is 11.5 Å². The van der Waals surface area contributed by atoms with Crippen LogP contribution in [0.1, 0.15) is 5.82 Å². The van der Waals surface area contributed by atoms with E-state index in [0.717, 1.165) is 0 Å². The lowest BCUT2D eigenvalue weighted by molar-refractivity contribution is 0.159. The number of ether oxygens (including phenoxy) is 1. The summed E-state index contributed by atoms with van der Waals surface area (Å²) in [7, 11) is -4.14. The predicted molar refractivity (Wildman–Crippen MR) is 67.1 cm³/mol. The third-order valence-corrected chi connectivity index (χ3v) is 2.71. The summed E-state index contributed by atoms with van der Waals surface area (Å²) < 4.78 is 15.4. The van der Waals surface area contributed by atoms with Crippen molar-refractivity contribution >= 4 is 30.5 Å². The van der Waals surface area contributed by atoms with Gasteiger partial charge in [0, 0.05) is 6.42 Å². The number of fused-ring (bicyclic) bond motifs is 1. The summed E-state index contributed by atoms with van der Waals surface area (Å²) in [6.07, 6.45) is -0.294. The molecule has 0 bridgehead atoms. The van der Waals surface area contributed by atoms with Gasteiger partial charge in [-0.2, -0.15) is 9.97 Å².